The third kappa shape index (κ3) is 4.61. The van der Waals surface area contributed by atoms with Crippen LogP contribution in [0, 0.1) is 0 Å². The lowest BCUT2D eigenvalue weighted by Gasteiger charge is -2.09. The van der Waals surface area contributed by atoms with E-state index in [1.54, 1.807) is 6.20 Å². The molecule has 15 heavy (non-hydrogen) atoms. The lowest BCUT2D eigenvalue weighted by Crippen LogP contribution is -2.05. The summed E-state index contributed by atoms with van der Waals surface area (Å²) in [6, 6.07) is 1.99. The average Bonchev–Trinajstić information content (AvgIpc) is 2.18. The van der Waals surface area contributed by atoms with Crippen molar-refractivity contribution in [1.82, 2.24) is 10.3 Å². The van der Waals surface area contributed by atoms with Gasteiger partial charge in [-0.3, -0.25) is 4.98 Å². The number of likely N-dealkylation sites (N-methyl/N-ethyl adjacent to an activating group) is 1. The molecule has 0 radical (unpaired) electrons. The zero-order valence-electron chi connectivity index (χ0n) is 9.53. The van der Waals surface area contributed by atoms with Crippen LogP contribution in [0.25, 0.3) is 6.08 Å². The van der Waals surface area contributed by atoms with Crippen molar-refractivity contribution in [3.63, 3.8) is 0 Å². The molecule has 0 saturated carbocycles. The number of nitrogens with one attached hydrogen (secondary N) is 1. The highest BCUT2D eigenvalue weighted by Crippen LogP contribution is 2.13. The van der Waals surface area contributed by atoms with Crippen LogP contribution >= 0.6 is 0 Å². The van der Waals surface area contributed by atoms with Gasteiger partial charge in [0, 0.05) is 12.7 Å². The van der Waals surface area contributed by atoms with Gasteiger partial charge in [-0.15, -0.1) is 0 Å². The third-order valence-corrected chi connectivity index (χ3v) is 1.74. The fraction of sp³-hybridized carbons (Fsp3) is 0.417. The zero-order valence-corrected chi connectivity index (χ0v) is 9.53. The number of aromatic nitrogens is 1. The maximum atomic E-state index is 5.55. The maximum absolute atomic E-state index is 5.55. The second-order valence-electron chi connectivity index (χ2n) is 3.58. The predicted octanol–water partition coefficient (Wildman–Crippen LogP) is 2.10. The summed E-state index contributed by atoms with van der Waals surface area (Å²) in [6.45, 7) is 4.86. The highest BCUT2D eigenvalue weighted by Gasteiger charge is 1.97. The van der Waals surface area contributed by atoms with E-state index in [0.29, 0.717) is 0 Å². The van der Waals surface area contributed by atoms with Crippen molar-refractivity contribution >= 4 is 6.08 Å². The van der Waals surface area contributed by atoms with E-state index in [1.165, 1.54) is 0 Å². The first-order chi connectivity index (χ1) is 7.22. The van der Waals surface area contributed by atoms with Crippen molar-refractivity contribution in [2.45, 2.75) is 20.0 Å². The van der Waals surface area contributed by atoms with E-state index in [4.69, 9.17) is 4.74 Å². The normalized spacial score (nSPS) is 11.2. The molecule has 1 N–H and O–H groups in total. The van der Waals surface area contributed by atoms with Crippen molar-refractivity contribution in [3.8, 4) is 5.75 Å². The van der Waals surface area contributed by atoms with Gasteiger partial charge in [0.2, 0.25) is 0 Å². The van der Waals surface area contributed by atoms with Crippen LogP contribution in [0.3, 0.4) is 0 Å². The van der Waals surface area contributed by atoms with Gasteiger partial charge in [-0.2, -0.15) is 0 Å². The van der Waals surface area contributed by atoms with E-state index >= 15 is 0 Å². The van der Waals surface area contributed by atoms with Gasteiger partial charge in [-0.25, -0.2) is 0 Å². The lowest BCUT2D eigenvalue weighted by molar-refractivity contribution is 0.241. The molecular formula is C12H18N2O. The Morgan fingerprint density at radius 2 is 2.27 bits per heavy atom. The standard InChI is InChI=1S/C12H18N2O/c1-10(2)15-12-7-11(8-14-9-12)5-4-6-13-3/h4-5,7-10,13H,6H2,1-3H3/b5-4+. The highest BCUT2D eigenvalue weighted by molar-refractivity contribution is 5.50. The first-order valence-electron chi connectivity index (χ1n) is 5.15. The molecule has 1 aromatic rings. The Morgan fingerprint density at radius 1 is 1.47 bits per heavy atom. The third-order valence-electron chi connectivity index (χ3n) is 1.74. The molecule has 0 bridgehead atoms. The number of ether oxygens (including phenoxy) is 1. The van der Waals surface area contributed by atoms with E-state index in [0.717, 1.165) is 17.9 Å². The number of hydrogen-bond acceptors (Lipinski definition) is 3. The SMILES string of the molecule is CNC/C=C/c1cncc(OC(C)C)c1. The molecule has 1 rings (SSSR count). The lowest BCUT2D eigenvalue weighted by atomic mass is 10.2. The molecule has 0 aliphatic rings. The van der Waals surface area contributed by atoms with Gasteiger partial charge in [0.25, 0.3) is 0 Å². The molecule has 1 aromatic heterocycles. The summed E-state index contributed by atoms with van der Waals surface area (Å²) >= 11 is 0. The maximum Gasteiger partial charge on any atom is 0.138 e. The molecule has 1 heterocycles. The van der Waals surface area contributed by atoms with Gasteiger partial charge in [0.05, 0.1) is 12.3 Å². The molecule has 82 valence electrons. The van der Waals surface area contributed by atoms with Crippen LogP contribution in [0.15, 0.2) is 24.5 Å². The van der Waals surface area contributed by atoms with Crippen LogP contribution in [0.1, 0.15) is 19.4 Å². The summed E-state index contributed by atoms with van der Waals surface area (Å²) in [5.74, 6) is 0.816. The highest BCUT2D eigenvalue weighted by atomic mass is 16.5. The predicted molar refractivity (Wildman–Crippen MR) is 63.0 cm³/mol. The van der Waals surface area contributed by atoms with Gasteiger partial charge >= 0.3 is 0 Å². The first kappa shape index (κ1) is 11.7. The van der Waals surface area contributed by atoms with Crippen molar-refractivity contribution in [2.75, 3.05) is 13.6 Å². The molecule has 3 nitrogen and oxygen atoms in total. The Bertz CT molecular complexity index is 321. The van der Waals surface area contributed by atoms with Gasteiger partial charge in [-0.1, -0.05) is 12.2 Å². The number of pyridine rings is 1. The van der Waals surface area contributed by atoms with Crippen LogP contribution in [0.4, 0.5) is 0 Å². The summed E-state index contributed by atoms with van der Waals surface area (Å²) < 4.78 is 5.55. The second kappa shape index (κ2) is 6.19. The van der Waals surface area contributed by atoms with Crippen LogP contribution in [0.2, 0.25) is 0 Å². The summed E-state index contributed by atoms with van der Waals surface area (Å²) in [6.07, 6.45) is 7.81. The molecule has 0 fully saturated rings. The Hall–Kier alpha value is -1.35. The molecule has 0 amide bonds. The van der Waals surface area contributed by atoms with Crippen molar-refractivity contribution < 1.29 is 4.74 Å². The van der Waals surface area contributed by atoms with Crippen LogP contribution in [0.5, 0.6) is 5.75 Å². The quantitative estimate of drug-likeness (QED) is 0.801. The van der Waals surface area contributed by atoms with Crippen LogP contribution < -0.4 is 10.1 Å². The summed E-state index contributed by atoms with van der Waals surface area (Å²) in [5.41, 5.74) is 1.06. The van der Waals surface area contributed by atoms with E-state index in [1.807, 2.05) is 39.2 Å². The fourth-order valence-corrected chi connectivity index (χ4v) is 1.18. The monoisotopic (exact) mass is 206 g/mol. The van der Waals surface area contributed by atoms with Gasteiger partial charge in [0.15, 0.2) is 0 Å². The molecule has 0 unspecified atom stereocenters. The fourth-order valence-electron chi connectivity index (χ4n) is 1.18. The number of hydrogen-bond donors (Lipinski definition) is 1. The average molecular weight is 206 g/mol. The number of nitrogens with zero attached hydrogens (tertiary/aromatic N) is 1. The molecule has 0 atom stereocenters. The minimum atomic E-state index is 0.184. The zero-order chi connectivity index (χ0) is 11.1. The summed E-state index contributed by atoms with van der Waals surface area (Å²) in [5, 5.41) is 3.05. The molecular weight excluding hydrogens is 188 g/mol. The molecule has 0 saturated heterocycles. The Morgan fingerprint density at radius 3 is 2.93 bits per heavy atom. The van der Waals surface area contributed by atoms with Crippen molar-refractivity contribution in [2.24, 2.45) is 0 Å². The van der Waals surface area contributed by atoms with Crippen molar-refractivity contribution in [3.05, 3.63) is 30.1 Å². The molecule has 3 heteroatoms. The number of rotatable bonds is 5. The topological polar surface area (TPSA) is 34.2 Å². The van der Waals surface area contributed by atoms with Crippen molar-refractivity contribution in [1.29, 1.82) is 0 Å². The Balaban J connectivity index is 2.65. The molecule has 0 spiro atoms. The van der Waals surface area contributed by atoms with E-state index in [9.17, 15) is 0 Å². The Kier molecular flexibility index (Phi) is 4.84. The van der Waals surface area contributed by atoms with Crippen LogP contribution in [-0.4, -0.2) is 24.7 Å². The molecule has 0 aliphatic carbocycles. The minimum Gasteiger partial charge on any atom is -0.489 e. The van der Waals surface area contributed by atoms with Gasteiger partial charge < -0.3 is 10.1 Å². The second-order valence-corrected chi connectivity index (χ2v) is 3.58. The first-order valence-corrected chi connectivity index (χ1v) is 5.15. The largest absolute Gasteiger partial charge is 0.489 e. The van der Waals surface area contributed by atoms with E-state index in [-0.39, 0.29) is 6.10 Å². The molecule has 0 aromatic carbocycles. The molecule has 0 aliphatic heterocycles. The minimum absolute atomic E-state index is 0.184. The summed E-state index contributed by atoms with van der Waals surface area (Å²) in [4.78, 5) is 4.12. The smallest absolute Gasteiger partial charge is 0.138 e. The van der Waals surface area contributed by atoms with Gasteiger partial charge in [0.1, 0.15) is 5.75 Å². The van der Waals surface area contributed by atoms with E-state index < -0.39 is 0 Å². The van der Waals surface area contributed by atoms with Gasteiger partial charge in [-0.05, 0) is 32.5 Å². The Labute approximate surface area is 91.2 Å². The van der Waals surface area contributed by atoms with Crippen LogP contribution in [-0.2, 0) is 0 Å². The summed E-state index contributed by atoms with van der Waals surface area (Å²) in [7, 11) is 1.92. The van der Waals surface area contributed by atoms with E-state index in [2.05, 4.69) is 16.4 Å².